The van der Waals surface area contributed by atoms with E-state index in [0.29, 0.717) is 11.9 Å². The van der Waals surface area contributed by atoms with Gasteiger partial charge in [-0.2, -0.15) is 4.68 Å². The van der Waals surface area contributed by atoms with Crippen LogP contribution in [0.4, 0.5) is 0 Å². The van der Waals surface area contributed by atoms with E-state index in [-0.39, 0.29) is 18.9 Å². The lowest BCUT2D eigenvalue weighted by atomic mass is 10.2. The van der Waals surface area contributed by atoms with Crippen LogP contribution in [-0.2, 0) is 11.3 Å². The lowest BCUT2D eigenvalue weighted by Gasteiger charge is -2.11. The van der Waals surface area contributed by atoms with Gasteiger partial charge in [0.2, 0.25) is 5.91 Å². The van der Waals surface area contributed by atoms with Crippen LogP contribution in [0.1, 0.15) is 32.1 Å². The average Bonchev–Trinajstić information content (AvgIpc) is 3.17. The average molecular weight is 307 g/mol. The summed E-state index contributed by atoms with van der Waals surface area (Å²) in [6, 6.07) is 4.01. The van der Waals surface area contributed by atoms with E-state index in [2.05, 4.69) is 10.4 Å². The van der Waals surface area contributed by atoms with Crippen molar-refractivity contribution in [3.8, 4) is 10.8 Å². The van der Waals surface area contributed by atoms with Crippen LogP contribution in [0.15, 0.2) is 26.7 Å². The molecule has 3 rings (SSSR count). The van der Waals surface area contributed by atoms with E-state index < -0.39 is 5.76 Å². The van der Waals surface area contributed by atoms with Gasteiger partial charge >= 0.3 is 5.76 Å². The first-order valence-corrected chi connectivity index (χ1v) is 8.01. The number of nitrogens with zero attached hydrogens (tertiary/aromatic N) is 2. The molecule has 6 nitrogen and oxygen atoms in total. The van der Waals surface area contributed by atoms with Crippen molar-refractivity contribution in [2.75, 3.05) is 0 Å². The smallest absolute Gasteiger partial charge is 0.387 e. The summed E-state index contributed by atoms with van der Waals surface area (Å²) in [7, 11) is 0. The maximum Gasteiger partial charge on any atom is 0.437 e. The number of carbonyl (C=O) groups is 1. The largest absolute Gasteiger partial charge is 0.437 e. The van der Waals surface area contributed by atoms with Gasteiger partial charge in [0.15, 0.2) is 0 Å². The first-order chi connectivity index (χ1) is 10.2. The number of aryl methyl sites for hydroxylation is 1. The third-order valence-electron chi connectivity index (χ3n) is 3.61. The predicted octanol–water partition coefficient (Wildman–Crippen LogP) is 2.01. The van der Waals surface area contributed by atoms with Crippen LogP contribution in [0.3, 0.4) is 0 Å². The van der Waals surface area contributed by atoms with Crippen LogP contribution in [-0.4, -0.2) is 21.7 Å². The Bertz CT molecular complexity index is 653. The summed E-state index contributed by atoms with van der Waals surface area (Å²) in [5, 5.41) is 9.01. The van der Waals surface area contributed by atoms with E-state index in [1.165, 1.54) is 28.9 Å². The minimum Gasteiger partial charge on any atom is -0.387 e. The summed E-state index contributed by atoms with van der Waals surface area (Å²) in [6.07, 6.45) is 4.71. The number of rotatable bonds is 5. The monoisotopic (exact) mass is 307 g/mol. The summed E-state index contributed by atoms with van der Waals surface area (Å²) >= 11 is 1.46. The first kappa shape index (κ1) is 14.1. The van der Waals surface area contributed by atoms with Gasteiger partial charge in [-0.05, 0) is 24.3 Å². The molecule has 21 heavy (non-hydrogen) atoms. The number of nitrogens with one attached hydrogen (secondary N) is 1. The lowest BCUT2D eigenvalue weighted by molar-refractivity contribution is -0.122. The molecule has 1 aliphatic rings. The fourth-order valence-corrected chi connectivity index (χ4v) is 3.17. The molecule has 2 aromatic rings. The van der Waals surface area contributed by atoms with E-state index >= 15 is 0 Å². The van der Waals surface area contributed by atoms with Crippen molar-refractivity contribution in [3.05, 3.63) is 28.1 Å². The Labute approximate surface area is 125 Å². The van der Waals surface area contributed by atoms with Crippen LogP contribution >= 0.6 is 11.3 Å². The molecule has 1 N–H and O–H groups in total. The molecule has 1 saturated carbocycles. The number of hydrogen-bond acceptors (Lipinski definition) is 5. The maximum atomic E-state index is 11.8. The molecule has 2 heterocycles. The molecule has 1 fully saturated rings. The van der Waals surface area contributed by atoms with Crippen molar-refractivity contribution in [2.24, 2.45) is 0 Å². The first-order valence-electron chi connectivity index (χ1n) is 7.13. The highest BCUT2D eigenvalue weighted by Crippen LogP contribution is 2.21. The van der Waals surface area contributed by atoms with Crippen molar-refractivity contribution in [1.29, 1.82) is 0 Å². The molecule has 0 bridgehead atoms. The maximum absolute atomic E-state index is 11.8. The Morgan fingerprint density at radius 2 is 2.29 bits per heavy atom. The molecule has 1 amide bonds. The molecular weight excluding hydrogens is 290 g/mol. The molecule has 112 valence electrons. The van der Waals surface area contributed by atoms with Crippen molar-refractivity contribution >= 4 is 17.2 Å². The van der Waals surface area contributed by atoms with Gasteiger partial charge in [-0.25, -0.2) is 4.79 Å². The van der Waals surface area contributed by atoms with Crippen LogP contribution in [0.25, 0.3) is 10.8 Å². The normalized spacial score (nSPS) is 15.4. The van der Waals surface area contributed by atoms with Crippen molar-refractivity contribution in [3.63, 3.8) is 0 Å². The summed E-state index contributed by atoms with van der Waals surface area (Å²) in [5.74, 6) is -0.243. The zero-order valence-electron chi connectivity index (χ0n) is 11.6. The Morgan fingerprint density at radius 3 is 3.00 bits per heavy atom. The van der Waals surface area contributed by atoms with Crippen LogP contribution in [0.2, 0.25) is 0 Å². The van der Waals surface area contributed by atoms with Gasteiger partial charge in [0.05, 0.1) is 11.4 Å². The Balaban J connectivity index is 1.57. The molecular formula is C14H17N3O3S. The molecule has 2 aromatic heterocycles. The number of carbonyl (C=O) groups excluding carboxylic acids is 1. The number of amides is 1. The predicted molar refractivity (Wildman–Crippen MR) is 79.1 cm³/mol. The van der Waals surface area contributed by atoms with Crippen molar-refractivity contribution in [1.82, 2.24) is 15.1 Å². The second-order valence-corrected chi connectivity index (χ2v) is 6.12. The topological polar surface area (TPSA) is 77.1 Å². The fraction of sp³-hybridized carbons (Fsp3) is 0.500. The number of thiophene rings is 1. The molecule has 0 aromatic carbocycles. The summed E-state index contributed by atoms with van der Waals surface area (Å²) in [5.41, 5.74) is 0. The molecule has 0 saturated heterocycles. The zero-order valence-corrected chi connectivity index (χ0v) is 12.4. The molecule has 0 radical (unpaired) electrons. The van der Waals surface area contributed by atoms with Crippen molar-refractivity contribution < 1.29 is 9.21 Å². The van der Waals surface area contributed by atoms with Gasteiger partial charge in [-0.15, -0.1) is 16.4 Å². The van der Waals surface area contributed by atoms with Gasteiger partial charge in [0, 0.05) is 12.5 Å². The highest BCUT2D eigenvalue weighted by atomic mass is 32.1. The molecule has 0 unspecified atom stereocenters. The Morgan fingerprint density at radius 1 is 1.48 bits per heavy atom. The molecule has 1 aliphatic carbocycles. The Hall–Kier alpha value is -1.89. The van der Waals surface area contributed by atoms with Crippen molar-refractivity contribution in [2.45, 2.75) is 44.7 Å². The van der Waals surface area contributed by atoms with Gasteiger partial charge in [0.1, 0.15) is 0 Å². The molecule has 7 heteroatoms. The standard InChI is InChI=1S/C14H17N3O3S/c18-12(15-10-4-1-2-5-10)7-8-17-14(19)20-13(16-17)11-6-3-9-21-11/h3,6,9-10H,1-2,4-5,7-8H2,(H,15,18). The minimum atomic E-state index is -0.521. The van der Waals surface area contributed by atoms with Crippen LogP contribution < -0.4 is 11.1 Å². The fourth-order valence-electron chi connectivity index (χ4n) is 2.52. The van der Waals surface area contributed by atoms with E-state index in [9.17, 15) is 9.59 Å². The summed E-state index contributed by atoms with van der Waals surface area (Å²) < 4.78 is 6.31. The highest BCUT2D eigenvalue weighted by Gasteiger charge is 2.17. The second-order valence-electron chi connectivity index (χ2n) is 5.17. The Kier molecular flexibility index (Phi) is 4.19. The molecule has 0 aliphatic heterocycles. The van der Waals surface area contributed by atoms with E-state index in [1.807, 2.05) is 17.5 Å². The zero-order chi connectivity index (χ0) is 14.7. The molecule has 0 spiro atoms. The summed E-state index contributed by atoms with van der Waals surface area (Å²) in [4.78, 5) is 24.3. The van der Waals surface area contributed by atoms with E-state index in [4.69, 9.17) is 4.42 Å². The highest BCUT2D eigenvalue weighted by molar-refractivity contribution is 7.13. The quantitative estimate of drug-likeness (QED) is 0.916. The third-order valence-corrected chi connectivity index (χ3v) is 4.47. The van der Waals surface area contributed by atoms with Crippen LogP contribution in [0.5, 0.6) is 0 Å². The van der Waals surface area contributed by atoms with Gasteiger partial charge in [-0.1, -0.05) is 18.9 Å². The summed E-state index contributed by atoms with van der Waals surface area (Å²) in [6.45, 7) is 0.242. The lowest BCUT2D eigenvalue weighted by Crippen LogP contribution is -2.33. The molecule has 0 atom stereocenters. The number of hydrogen-bond donors (Lipinski definition) is 1. The van der Waals surface area contributed by atoms with Crippen LogP contribution in [0, 0.1) is 0 Å². The number of aromatic nitrogens is 2. The van der Waals surface area contributed by atoms with Gasteiger partial charge in [0.25, 0.3) is 5.89 Å². The SMILES string of the molecule is O=C(CCn1nc(-c2cccs2)oc1=O)NC1CCCC1. The minimum absolute atomic E-state index is 0.0329. The second kappa shape index (κ2) is 6.26. The van der Waals surface area contributed by atoms with E-state index in [1.54, 1.807) is 0 Å². The van der Waals surface area contributed by atoms with E-state index in [0.717, 1.165) is 17.7 Å². The van der Waals surface area contributed by atoms with Gasteiger partial charge in [-0.3, -0.25) is 4.79 Å². The van der Waals surface area contributed by atoms with Gasteiger partial charge < -0.3 is 9.73 Å². The third kappa shape index (κ3) is 3.41.